The lowest BCUT2D eigenvalue weighted by Crippen LogP contribution is -2.52. The smallest absolute Gasteiger partial charge is 0.262 e. The average Bonchev–Trinajstić information content (AvgIpc) is 3.35. The molecule has 32 heavy (non-hydrogen) atoms. The molecule has 1 aromatic heterocycles. The first-order chi connectivity index (χ1) is 15.6. The van der Waals surface area contributed by atoms with Crippen molar-refractivity contribution < 1.29 is 9.53 Å². The van der Waals surface area contributed by atoms with E-state index in [9.17, 15) is 9.59 Å². The number of fused-ring (bicyclic) bond motifs is 1. The SMILES string of the molecule is O=C(c1ccc2c(=O)n(C[C@@H]3CCCO3)c(=S)[nH]c2c1)N1CCN(C2CCCCC2)CC1. The molecule has 3 heterocycles. The first-order valence-corrected chi connectivity index (χ1v) is 12.4. The summed E-state index contributed by atoms with van der Waals surface area (Å²) in [6.07, 6.45) is 8.61. The zero-order valence-electron chi connectivity index (χ0n) is 18.6. The number of hydrogen-bond acceptors (Lipinski definition) is 5. The first kappa shape index (κ1) is 21.8. The molecule has 0 bridgehead atoms. The van der Waals surface area contributed by atoms with Gasteiger partial charge in [0.2, 0.25) is 0 Å². The lowest BCUT2D eigenvalue weighted by molar-refractivity contribution is 0.0523. The number of piperazine rings is 1. The quantitative estimate of drug-likeness (QED) is 0.715. The Bertz CT molecular complexity index is 1090. The van der Waals surface area contributed by atoms with Gasteiger partial charge in [0.25, 0.3) is 11.5 Å². The van der Waals surface area contributed by atoms with E-state index in [-0.39, 0.29) is 17.6 Å². The number of rotatable bonds is 4. The van der Waals surface area contributed by atoms with E-state index in [0.717, 1.165) is 45.6 Å². The molecule has 3 fully saturated rings. The van der Waals surface area contributed by atoms with Gasteiger partial charge < -0.3 is 14.6 Å². The number of carbonyl (C=O) groups excluding carboxylic acids is 1. The molecule has 0 radical (unpaired) electrons. The van der Waals surface area contributed by atoms with Crippen LogP contribution in [0.1, 0.15) is 55.3 Å². The highest BCUT2D eigenvalue weighted by molar-refractivity contribution is 7.71. The second-order valence-corrected chi connectivity index (χ2v) is 9.75. The summed E-state index contributed by atoms with van der Waals surface area (Å²) in [5.74, 6) is 0.0260. The van der Waals surface area contributed by atoms with Crippen LogP contribution in [0.2, 0.25) is 0 Å². The lowest BCUT2D eigenvalue weighted by atomic mass is 9.94. The Balaban J connectivity index is 1.30. The van der Waals surface area contributed by atoms with E-state index in [2.05, 4.69) is 9.88 Å². The standard InChI is InChI=1S/C24H32N4O3S/c29-22(27-12-10-26(11-13-27)18-5-2-1-3-6-18)17-8-9-20-21(15-17)25-24(32)28(23(20)30)16-19-7-4-14-31-19/h8-9,15,18-19H,1-7,10-14,16H2,(H,25,32)/t19-/m0/s1. The predicted molar refractivity (Wildman–Crippen MR) is 127 cm³/mol. The zero-order chi connectivity index (χ0) is 22.1. The van der Waals surface area contributed by atoms with Gasteiger partial charge in [0.1, 0.15) is 0 Å². The summed E-state index contributed by atoms with van der Waals surface area (Å²) in [4.78, 5) is 33.9. The number of nitrogens with zero attached hydrogens (tertiary/aromatic N) is 3. The van der Waals surface area contributed by atoms with E-state index < -0.39 is 0 Å². The molecule has 3 aliphatic rings. The van der Waals surface area contributed by atoms with Crippen LogP contribution in [0.3, 0.4) is 0 Å². The predicted octanol–water partition coefficient (Wildman–Crippen LogP) is 3.33. The van der Waals surface area contributed by atoms with E-state index in [1.807, 2.05) is 4.90 Å². The lowest BCUT2D eigenvalue weighted by Gasteiger charge is -2.40. The number of ether oxygens (including phenoxy) is 1. The van der Waals surface area contributed by atoms with Gasteiger partial charge in [-0.05, 0) is 56.1 Å². The molecule has 1 aromatic carbocycles. The maximum Gasteiger partial charge on any atom is 0.262 e. The topological polar surface area (TPSA) is 70.6 Å². The minimum Gasteiger partial charge on any atom is -0.376 e. The normalized spacial score (nSPS) is 23.1. The number of aromatic amines is 1. The summed E-state index contributed by atoms with van der Waals surface area (Å²) in [5.41, 5.74) is 1.10. The third-order valence-electron chi connectivity index (χ3n) is 7.33. The van der Waals surface area contributed by atoms with Crippen molar-refractivity contribution in [3.63, 3.8) is 0 Å². The molecular weight excluding hydrogens is 424 g/mol. The van der Waals surface area contributed by atoms with Gasteiger partial charge in [-0.25, -0.2) is 0 Å². The summed E-state index contributed by atoms with van der Waals surface area (Å²) in [6, 6.07) is 5.99. The minimum absolute atomic E-state index is 0.0260. The molecule has 0 spiro atoms. The Morgan fingerprint density at radius 1 is 1.06 bits per heavy atom. The molecule has 1 aliphatic carbocycles. The highest BCUT2D eigenvalue weighted by Gasteiger charge is 2.27. The number of amides is 1. The molecule has 1 saturated carbocycles. The molecule has 1 amide bonds. The van der Waals surface area contributed by atoms with Gasteiger partial charge in [-0.2, -0.15) is 0 Å². The average molecular weight is 457 g/mol. The van der Waals surface area contributed by atoms with Gasteiger partial charge in [0, 0.05) is 44.4 Å². The maximum atomic E-state index is 13.2. The highest BCUT2D eigenvalue weighted by atomic mass is 32.1. The zero-order valence-corrected chi connectivity index (χ0v) is 19.4. The fraction of sp³-hybridized carbons (Fsp3) is 0.625. The summed E-state index contributed by atoms with van der Waals surface area (Å²) in [5, 5.41) is 0.551. The van der Waals surface area contributed by atoms with Crippen LogP contribution >= 0.6 is 12.2 Å². The van der Waals surface area contributed by atoms with Crippen LogP contribution < -0.4 is 5.56 Å². The van der Waals surface area contributed by atoms with Crippen molar-refractivity contribution in [2.45, 2.75) is 63.6 Å². The highest BCUT2D eigenvalue weighted by Crippen LogP contribution is 2.24. The molecule has 2 saturated heterocycles. The summed E-state index contributed by atoms with van der Waals surface area (Å²) >= 11 is 5.46. The van der Waals surface area contributed by atoms with Crippen LogP contribution in [-0.2, 0) is 11.3 Å². The van der Waals surface area contributed by atoms with Crippen molar-refractivity contribution in [1.82, 2.24) is 19.4 Å². The summed E-state index contributed by atoms with van der Waals surface area (Å²) < 4.78 is 7.63. The van der Waals surface area contributed by atoms with Gasteiger partial charge in [0.15, 0.2) is 4.77 Å². The number of hydrogen-bond donors (Lipinski definition) is 1. The molecule has 1 N–H and O–H groups in total. The third-order valence-corrected chi connectivity index (χ3v) is 7.65. The van der Waals surface area contributed by atoms with Crippen molar-refractivity contribution in [1.29, 1.82) is 0 Å². The minimum atomic E-state index is -0.126. The number of benzene rings is 1. The maximum absolute atomic E-state index is 13.2. The van der Waals surface area contributed by atoms with Gasteiger partial charge in [-0.15, -0.1) is 0 Å². The van der Waals surface area contributed by atoms with Crippen LogP contribution in [0.5, 0.6) is 0 Å². The second kappa shape index (κ2) is 9.45. The molecule has 1 atom stereocenters. The van der Waals surface area contributed by atoms with Crippen molar-refractivity contribution in [3.8, 4) is 0 Å². The Kier molecular flexibility index (Phi) is 6.44. The largest absolute Gasteiger partial charge is 0.376 e. The molecule has 7 nitrogen and oxygen atoms in total. The van der Waals surface area contributed by atoms with Crippen molar-refractivity contribution in [3.05, 3.63) is 38.9 Å². The Hall–Kier alpha value is -2.03. The van der Waals surface area contributed by atoms with Crippen molar-refractivity contribution in [2.24, 2.45) is 0 Å². The number of carbonyl (C=O) groups is 1. The van der Waals surface area contributed by atoms with Crippen LogP contribution in [0.25, 0.3) is 10.9 Å². The van der Waals surface area contributed by atoms with E-state index in [4.69, 9.17) is 17.0 Å². The third kappa shape index (κ3) is 4.40. The Morgan fingerprint density at radius 3 is 2.56 bits per heavy atom. The fourth-order valence-corrected chi connectivity index (χ4v) is 5.73. The van der Waals surface area contributed by atoms with E-state index in [0.29, 0.717) is 33.8 Å². The molecule has 0 unspecified atom stereocenters. The molecule has 2 aliphatic heterocycles. The summed E-state index contributed by atoms with van der Waals surface area (Å²) in [7, 11) is 0. The number of aromatic nitrogens is 2. The molecular formula is C24H32N4O3S. The Morgan fingerprint density at radius 2 is 1.84 bits per heavy atom. The van der Waals surface area contributed by atoms with Crippen LogP contribution in [0.4, 0.5) is 0 Å². The molecule has 5 rings (SSSR count). The van der Waals surface area contributed by atoms with Gasteiger partial charge in [-0.1, -0.05) is 19.3 Å². The van der Waals surface area contributed by atoms with Gasteiger partial charge in [0.05, 0.1) is 23.6 Å². The Labute approximate surface area is 193 Å². The van der Waals surface area contributed by atoms with E-state index in [1.54, 1.807) is 22.8 Å². The van der Waals surface area contributed by atoms with Gasteiger partial charge in [-0.3, -0.25) is 19.1 Å². The van der Waals surface area contributed by atoms with Gasteiger partial charge >= 0.3 is 0 Å². The molecule has 2 aromatic rings. The van der Waals surface area contributed by atoms with Crippen molar-refractivity contribution in [2.75, 3.05) is 32.8 Å². The fourth-order valence-electron chi connectivity index (χ4n) is 5.46. The van der Waals surface area contributed by atoms with Crippen LogP contribution in [0, 0.1) is 4.77 Å². The van der Waals surface area contributed by atoms with Crippen LogP contribution in [0.15, 0.2) is 23.0 Å². The van der Waals surface area contributed by atoms with E-state index in [1.165, 1.54) is 32.1 Å². The monoisotopic (exact) mass is 456 g/mol. The molecule has 172 valence electrons. The summed E-state index contributed by atoms with van der Waals surface area (Å²) in [6.45, 7) is 4.61. The molecule has 8 heteroatoms. The number of nitrogens with one attached hydrogen (secondary N) is 1. The first-order valence-electron chi connectivity index (χ1n) is 12.0. The second-order valence-electron chi connectivity index (χ2n) is 9.36. The number of H-pyrrole nitrogens is 1. The van der Waals surface area contributed by atoms with Crippen molar-refractivity contribution >= 4 is 29.0 Å². The van der Waals surface area contributed by atoms with Crippen LogP contribution in [-0.4, -0.2) is 70.2 Å². The van der Waals surface area contributed by atoms with E-state index >= 15 is 0 Å².